The topological polar surface area (TPSA) is 75.7 Å². The van der Waals surface area contributed by atoms with Crippen LogP contribution in [-0.2, 0) is 19.1 Å². The van der Waals surface area contributed by atoms with Gasteiger partial charge in [0.25, 0.3) is 5.91 Å². The molecule has 2 amide bonds. The molecule has 0 aliphatic carbocycles. The molecular weight excluding hydrogens is 464 g/mol. The maximum Gasteiger partial charge on any atom is 0.326 e. The van der Waals surface area contributed by atoms with E-state index in [1.54, 1.807) is 23.9 Å². The second-order valence-corrected chi connectivity index (χ2v) is 8.88. The van der Waals surface area contributed by atoms with E-state index in [-0.39, 0.29) is 19.1 Å². The fourth-order valence-corrected chi connectivity index (χ4v) is 4.31. The first-order valence-corrected chi connectivity index (χ1v) is 11.1. The van der Waals surface area contributed by atoms with Crippen LogP contribution in [0.4, 0.5) is 5.69 Å². The Balaban J connectivity index is 1.43. The number of carbonyl (C=O) groups excluding carboxylic acids is 3. The van der Waals surface area contributed by atoms with Crippen molar-refractivity contribution in [2.24, 2.45) is 0 Å². The zero-order valence-corrected chi connectivity index (χ0v) is 17.9. The van der Waals surface area contributed by atoms with E-state index in [1.165, 1.54) is 16.7 Å². The molecule has 146 valence electrons. The van der Waals surface area contributed by atoms with Crippen molar-refractivity contribution in [3.63, 3.8) is 0 Å². The lowest BCUT2D eigenvalue weighted by Gasteiger charge is -2.13. The molecule has 1 N–H and O–H groups in total. The van der Waals surface area contributed by atoms with Gasteiger partial charge in [-0.05, 0) is 48.5 Å². The van der Waals surface area contributed by atoms with Crippen molar-refractivity contribution < 1.29 is 19.1 Å². The van der Waals surface area contributed by atoms with Crippen molar-refractivity contribution in [3.8, 4) is 0 Å². The quantitative estimate of drug-likeness (QED) is 0.609. The molecule has 1 aliphatic rings. The number of halogens is 1. The highest BCUT2D eigenvalue weighted by atomic mass is 79.9. The number of thioether (sulfide) groups is 1. The minimum atomic E-state index is -0.591. The highest BCUT2D eigenvalue weighted by Gasteiger charge is 2.23. The summed E-state index contributed by atoms with van der Waals surface area (Å²) < 4.78 is 5.97. The van der Waals surface area contributed by atoms with Crippen LogP contribution in [0.5, 0.6) is 0 Å². The van der Waals surface area contributed by atoms with Crippen molar-refractivity contribution in [2.75, 3.05) is 30.1 Å². The van der Waals surface area contributed by atoms with E-state index >= 15 is 0 Å². The SMILES string of the molecule is O=C(COC(=O)CN1CSCC1=O)Nc1ccc(Sc2ccc(Br)cc2)cc1. The Kier molecular flexibility index (Phi) is 7.41. The van der Waals surface area contributed by atoms with Gasteiger partial charge in [-0.25, -0.2) is 0 Å². The van der Waals surface area contributed by atoms with Crippen molar-refractivity contribution in [2.45, 2.75) is 9.79 Å². The van der Waals surface area contributed by atoms with Crippen LogP contribution in [0.2, 0.25) is 0 Å². The molecule has 0 aromatic heterocycles. The number of benzene rings is 2. The van der Waals surface area contributed by atoms with Crippen LogP contribution >= 0.6 is 39.5 Å². The van der Waals surface area contributed by atoms with Gasteiger partial charge in [0.2, 0.25) is 5.91 Å². The molecule has 0 atom stereocenters. The third-order valence-corrected chi connectivity index (χ3v) is 6.19. The van der Waals surface area contributed by atoms with Crippen LogP contribution in [0, 0.1) is 0 Å². The van der Waals surface area contributed by atoms with E-state index in [0.717, 1.165) is 14.3 Å². The van der Waals surface area contributed by atoms with Gasteiger partial charge in [-0.2, -0.15) is 0 Å². The molecule has 0 spiro atoms. The Hall–Kier alpha value is -1.97. The molecular formula is C19H17BrN2O4S2. The number of anilines is 1. The number of hydrogen-bond acceptors (Lipinski definition) is 6. The fourth-order valence-electron chi connectivity index (χ4n) is 2.33. The molecule has 28 heavy (non-hydrogen) atoms. The van der Waals surface area contributed by atoms with Crippen LogP contribution in [0.25, 0.3) is 0 Å². The largest absolute Gasteiger partial charge is 0.454 e. The predicted molar refractivity (Wildman–Crippen MR) is 113 cm³/mol. The summed E-state index contributed by atoms with van der Waals surface area (Å²) >= 11 is 6.47. The number of nitrogens with zero attached hydrogens (tertiary/aromatic N) is 1. The number of hydrogen-bond donors (Lipinski definition) is 1. The molecule has 1 saturated heterocycles. The van der Waals surface area contributed by atoms with E-state index in [1.807, 2.05) is 36.4 Å². The minimum absolute atomic E-state index is 0.0903. The third kappa shape index (κ3) is 6.29. The monoisotopic (exact) mass is 480 g/mol. The average molecular weight is 481 g/mol. The predicted octanol–water partition coefficient (Wildman–Crippen LogP) is 3.61. The summed E-state index contributed by atoms with van der Waals surface area (Å²) in [6, 6.07) is 15.4. The van der Waals surface area contributed by atoms with E-state index in [9.17, 15) is 14.4 Å². The minimum Gasteiger partial charge on any atom is -0.454 e. The number of carbonyl (C=O) groups is 3. The molecule has 2 aromatic rings. The molecule has 0 unspecified atom stereocenters. The molecule has 1 aliphatic heterocycles. The maximum absolute atomic E-state index is 11.9. The van der Waals surface area contributed by atoms with Gasteiger partial charge in [-0.1, -0.05) is 27.7 Å². The molecule has 6 nitrogen and oxygen atoms in total. The first kappa shape index (κ1) is 20.8. The smallest absolute Gasteiger partial charge is 0.326 e. The van der Waals surface area contributed by atoms with Crippen molar-refractivity contribution >= 4 is 62.9 Å². The van der Waals surface area contributed by atoms with Gasteiger partial charge in [0.15, 0.2) is 6.61 Å². The Morgan fingerprint density at radius 2 is 1.75 bits per heavy atom. The van der Waals surface area contributed by atoms with Crippen LogP contribution in [0.3, 0.4) is 0 Å². The summed E-state index contributed by atoms with van der Waals surface area (Å²) in [5.74, 6) is -0.252. The zero-order valence-electron chi connectivity index (χ0n) is 14.7. The van der Waals surface area contributed by atoms with Crippen molar-refractivity contribution in [1.82, 2.24) is 4.90 Å². The third-order valence-electron chi connectivity index (χ3n) is 3.70. The Labute approximate surface area is 179 Å². The summed E-state index contributed by atoms with van der Waals surface area (Å²) in [6.45, 7) is -0.509. The van der Waals surface area contributed by atoms with Gasteiger partial charge in [-0.15, -0.1) is 11.8 Å². The second kappa shape index (κ2) is 9.99. The average Bonchev–Trinajstić information content (AvgIpc) is 3.08. The number of esters is 1. The lowest BCUT2D eigenvalue weighted by atomic mass is 10.3. The summed E-state index contributed by atoms with van der Waals surface area (Å²) in [4.78, 5) is 38.7. The molecule has 9 heteroatoms. The van der Waals surface area contributed by atoms with Crippen molar-refractivity contribution in [1.29, 1.82) is 0 Å². The number of rotatable bonds is 7. The number of amides is 2. The molecule has 0 bridgehead atoms. The van der Waals surface area contributed by atoms with E-state index in [0.29, 0.717) is 17.3 Å². The molecule has 0 radical (unpaired) electrons. The fraction of sp³-hybridized carbons (Fsp3) is 0.211. The Bertz CT molecular complexity index is 859. The van der Waals surface area contributed by atoms with Gasteiger partial charge >= 0.3 is 5.97 Å². The highest BCUT2D eigenvalue weighted by Crippen LogP contribution is 2.29. The summed E-state index contributed by atoms with van der Waals surface area (Å²) in [7, 11) is 0. The molecule has 1 fully saturated rings. The summed E-state index contributed by atoms with van der Waals surface area (Å²) in [5, 5.41) is 2.68. The standard InChI is InChI=1S/C19H17BrN2O4S2/c20-13-1-5-15(6-2-13)28-16-7-3-14(4-8-16)21-17(23)10-26-19(25)9-22-12-27-11-18(22)24/h1-8H,9-12H2,(H,21,23). The van der Waals surface area contributed by atoms with Crippen LogP contribution in [-0.4, -0.2) is 47.5 Å². The first-order chi connectivity index (χ1) is 13.5. The maximum atomic E-state index is 11.9. The molecule has 0 saturated carbocycles. The Morgan fingerprint density at radius 3 is 2.36 bits per heavy atom. The lowest BCUT2D eigenvalue weighted by molar-refractivity contribution is -0.150. The molecule has 1 heterocycles. The highest BCUT2D eigenvalue weighted by molar-refractivity contribution is 9.10. The van der Waals surface area contributed by atoms with Gasteiger partial charge < -0.3 is 15.0 Å². The number of nitrogens with one attached hydrogen (secondary N) is 1. The molecule has 3 rings (SSSR count). The van der Waals surface area contributed by atoms with Crippen LogP contribution in [0.1, 0.15) is 0 Å². The van der Waals surface area contributed by atoms with Crippen molar-refractivity contribution in [3.05, 3.63) is 53.0 Å². The van der Waals surface area contributed by atoms with Crippen LogP contribution < -0.4 is 5.32 Å². The zero-order chi connectivity index (χ0) is 19.9. The van der Waals surface area contributed by atoms with Gasteiger partial charge in [0.05, 0.1) is 11.6 Å². The Morgan fingerprint density at radius 1 is 1.11 bits per heavy atom. The molecule has 2 aromatic carbocycles. The van der Waals surface area contributed by atoms with E-state index in [4.69, 9.17) is 4.74 Å². The first-order valence-electron chi connectivity index (χ1n) is 8.34. The second-order valence-electron chi connectivity index (χ2n) is 5.86. The summed E-state index contributed by atoms with van der Waals surface area (Å²) in [6.07, 6.45) is 0. The van der Waals surface area contributed by atoms with Gasteiger partial charge in [-0.3, -0.25) is 14.4 Å². The number of ether oxygens (including phenoxy) is 1. The lowest BCUT2D eigenvalue weighted by Crippen LogP contribution is -2.33. The van der Waals surface area contributed by atoms with Gasteiger partial charge in [0, 0.05) is 20.0 Å². The van der Waals surface area contributed by atoms with E-state index in [2.05, 4.69) is 21.2 Å². The van der Waals surface area contributed by atoms with Gasteiger partial charge in [0.1, 0.15) is 6.54 Å². The van der Waals surface area contributed by atoms with Crippen LogP contribution in [0.15, 0.2) is 62.8 Å². The normalized spacial score (nSPS) is 13.5. The summed E-state index contributed by atoms with van der Waals surface area (Å²) in [5.41, 5.74) is 0.618. The van der Waals surface area contributed by atoms with E-state index < -0.39 is 11.9 Å².